The van der Waals surface area contributed by atoms with E-state index in [0.717, 1.165) is 18.5 Å². The van der Waals surface area contributed by atoms with E-state index < -0.39 is 0 Å². The van der Waals surface area contributed by atoms with E-state index in [0.29, 0.717) is 17.9 Å². The largest absolute Gasteiger partial charge is 0.335 e. The molecule has 3 nitrogen and oxygen atoms in total. The molecule has 0 radical (unpaired) electrons. The average molecular weight is 259 g/mol. The third-order valence-electron chi connectivity index (χ3n) is 4.04. The molecule has 0 aromatic heterocycles. The maximum atomic E-state index is 12.2. The van der Waals surface area contributed by atoms with E-state index in [1.807, 2.05) is 32.0 Å². The van der Waals surface area contributed by atoms with Gasteiger partial charge >= 0.3 is 0 Å². The third kappa shape index (κ3) is 3.03. The number of Topliss-reactive ketones (excluding diaryl/α,β-unsaturated/α-hetero) is 1. The SMILES string of the molecule is CCC1CC(=O)N(CC(=O)c2ccc(C)c(C)c2)C1. The smallest absolute Gasteiger partial charge is 0.223 e. The van der Waals surface area contributed by atoms with Crippen LogP contribution in [-0.4, -0.2) is 29.7 Å². The molecule has 0 saturated carbocycles. The lowest BCUT2D eigenvalue weighted by Gasteiger charge is -2.15. The highest BCUT2D eigenvalue weighted by Gasteiger charge is 2.29. The van der Waals surface area contributed by atoms with Crippen molar-refractivity contribution < 1.29 is 9.59 Å². The van der Waals surface area contributed by atoms with Crippen LogP contribution in [0.1, 0.15) is 41.3 Å². The molecule has 0 N–H and O–H groups in total. The van der Waals surface area contributed by atoms with Crippen molar-refractivity contribution in [3.63, 3.8) is 0 Å². The molecule has 0 bridgehead atoms. The van der Waals surface area contributed by atoms with Crippen LogP contribution in [0.4, 0.5) is 0 Å². The van der Waals surface area contributed by atoms with Crippen LogP contribution in [0.25, 0.3) is 0 Å². The highest BCUT2D eigenvalue weighted by atomic mass is 16.2. The van der Waals surface area contributed by atoms with Crippen molar-refractivity contribution in [2.24, 2.45) is 5.92 Å². The minimum absolute atomic E-state index is 0.0354. The first-order valence-electron chi connectivity index (χ1n) is 6.89. The van der Waals surface area contributed by atoms with Crippen molar-refractivity contribution in [2.75, 3.05) is 13.1 Å². The number of nitrogens with zero attached hydrogens (tertiary/aromatic N) is 1. The number of hydrogen-bond donors (Lipinski definition) is 0. The Bertz CT molecular complexity index is 507. The Hall–Kier alpha value is -1.64. The van der Waals surface area contributed by atoms with E-state index in [4.69, 9.17) is 0 Å². The zero-order valence-corrected chi connectivity index (χ0v) is 11.9. The molecule has 1 atom stereocenters. The van der Waals surface area contributed by atoms with E-state index >= 15 is 0 Å². The number of aryl methyl sites for hydroxylation is 2. The first-order valence-corrected chi connectivity index (χ1v) is 6.89. The van der Waals surface area contributed by atoms with Gasteiger partial charge in [-0.25, -0.2) is 0 Å². The van der Waals surface area contributed by atoms with Crippen molar-refractivity contribution in [2.45, 2.75) is 33.6 Å². The molecule has 1 aliphatic rings. The topological polar surface area (TPSA) is 37.4 Å². The standard InChI is InChI=1S/C16H21NO2/c1-4-13-8-16(19)17(9-13)10-15(18)14-6-5-11(2)12(3)7-14/h5-7,13H,4,8-10H2,1-3H3. The molecule has 0 aliphatic carbocycles. The normalized spacial score (nSPS) is 19.0. The van der Waals surface area contributed by atoms with Crippen LogP contribution in [-0.2, 0) is 4.79 Å². The number of benzene rings is 1. The van der Waals surface area contributed by atoms with E-state index in [2.05, 4.69) is 6.92 Å². The molecule has 1 unspecified atom stereocenters. The van der Waals surface area contributed by atoms with Gasteiger partial charge in [-0.05, 0) is 37.0 Å². The lowest BCUT2D eigenvalue weighted by molar-refractivity contribution is -0.127. The van der Waals surface area contributed by atoms with Crippen LogP contribution >= 0.6 is 0 Å². The fourth-order valence-electron chi connectivity index (χ4n) is 2.46. The second kappa shape index (κ2) is 5.55. The summed E-state index contributed by atoms with van der Waals surface area (Å²) < 4.78 is 0. The van der Waals surface area contributed by atoms with E-state index in [-0.39, 0.29) is 18.2 Å². The van der Waals surface area contributed by atoms with Crippen LogP contribution in [0.5, 0.6) is 0 Å². The van der Waals surface area contributed by atoms with Crippen molar-refractivity contribution in [3.8, 4) is 0 Å². The van der Waals surface area contributed by atoms with E-state index in [1.165, 1.54) is 5.56 Å². The molecule has 19 heavy (non-hydrogen) atoms. The van der Waals surface area contributed by atoms with Crippen LogP contribution < -0.4 is 0 Å². The van der Waals surface area contributed by atoms with Crippen LogP contribution in [0.3, 0.4) is 0 Å². The van der Waals surface area contributed by atoms with Crippen molar-refractivity contribution in [3.05, 3.63) is 34.9 Å². The summed E-state index contributed by atoms with van der Waals surface area (Å²) in [4.78, 5) is 25.7. The Morgan fingerprint density at radius 2 is 2.05 bits per heavy atom. The molecule has 102 valence electrons. The number of rotatable bonds is 4. The van der Waals surface area contributed by atoms with Gasteiger partial charge < -0.3 is 4.90 Å². The molecule has 1 heterocycles. The predicted octanol–water partition coefficient (Wildman–Crippen LogP) is 2.74. The Labute approximate surface area is 114 Å². The zero-order chi connectivity index (χ0) is 14.0. The fourth-order valence-corrected chi connectivity index (χ4v) is 2.46. The average Bonchev–Trinajstić information content (AvgIpc) is 2.73. The molecular weight excluding hydrogens is 238 g/mol. The number of hydrogen-bond acceptors (Lipinski definition) is 2. The molecule has 1 saturated heterocycles. The maximum Gasteiger partial charge on any atom is 0.223 e. The Balaban J connectivity index is 2.05. The lowest BCUT2D eigenvalue weighted by Crippen LogP contribution is -2.31. The third-order valence-corrected chi connectivity index (χ3v) is 4.04. The van der Waals surface area contributed by atoms with Crippen molar-refractivity contribution >= 4 is 11.7 Å². The predicted molar refractivity (Wildman–Crippen MR) is 75.2 cm³/mol. The highest BCUT2D eigenvalue weighted by molar-refractivity contribution is 5.99. The Kier molecular flexibility index (Phi) is 4.03. The molecule has 2 rings (SSSR count). The minimum atomic E-state index is 0.0354. The van der Waals surface area contributed by atoms with Gasteiger partial charge in [0.25, 0.3) is 0 Å². The summed E-state index contributed by atoms with van der Waals surface area (Å²) in [7, 11) is 0. The molecular formula is C16H21NO2. The summed E-state index contributed by atoms with van der Waals surface area (Å²) in [5.74, 6) is 0.567. The monoisotopic (exact) mass is 259 g/mol. The minimum Gasteiger partial charge on any atom is -0.335 e. The first-order chi connectivity index (χ1) is 9.01. The summed E-state index contributed by atoms with van der Waals surface area (Å²) >= 11 is 0. The molecule has 1 aromatic carbocycles. The van der Waals surface area contributed by atoms with Crippen LogP contribution in [0.2, 0.25) is 0 Å². The molecule has 1 fully saturated rings. The van der Waals surface area contributed by atoms with Gasteiger partial charge in [-0.1, -0.05) is 25.5 Å². The van der Waals surface area contributed by atoms with Gasteiger partial charge in [0.05, 0.1) is 6.54 Å². The summed E-state index contributed by atoms with van der Waals surface area (Å²) in [5, 5.41) is 0. The van der Waals surface area contributed by atoms with Gasteiger partial charge in [0.2, 0.25) is 5.91 Å². The molecule has 1 aliphatic heterocycles. The molecule has 0 spiro atoms. The van der Waals surface area contributed by atoms with E-state index in [1.54, 1.807) is 4.90 Å². The number of likely N-dealkylation sites (tertiary alicyclic amines) is 1. The summed E-state index contributed by atoms with van der Waals surface area (Å²) in [6.07, 6.45) is 1.59. The van der Waals surface area contributed by atoms with Crippen molar-refractivity contribution in [1.29, 1.82) is 0 Å². The Morgan fingerprint density at radius 3 is 2.63 bits per heavy atom. The van der Waals surface area contributed by atoms with Gasteiger partial charge in [0.1, 0.15) is 0 Å². The quantitative estimate of drug-likeness (QED) is 0.780. The van der Waals surface area contributed by atoms with E-state index in [9.17, 15) is 9.59 Å². The molecule has 1 aromatic rings. The van der Waals surface area contributed by atoms with Gasteiger partial charge in [-0.15, -0.1) is 0 Å². The number of carbonyl (C=O) groups is 2. The summed E-state index contributed by atoms with van der Waals surface area (Å²) in [6.45, 7) is 7.07. The second-order valence-electron chi connectivity index (χ2n) is 5.47. The number of amides is 1. The van der Waals surface area contributed by atoms with Gasteiger partial charge in [-0.3, -0.25) is 9.59 Å². The second-order valence-corrected chi connectivity index (χ2v) is 5.47. The zero-order valence-electron chi connectivity index (χ0n) is 11.9. The fraction of sp³-hybridized carbons (Fsp3) is 0.500. The summed E-state index contributed by atoms with van der Waals surface area (Å²) in [5.41, 5.74) is 3.00. The van der Waals surface area contributed by atoms with Crippen LogP contribution in [0.15, 0.2) is 18.2 Å². The van der Waals surface area contributed by atoms with Gasteiger partial charge in [-0.2, -0.15) is 0 Å². The van der Waals surface area contributed by atoms with Crippen molar-refractivity contribution in [1.82, 2.24) is 4.90 Å². The van der Waals surface area contributed by atoms with Gasteiger partial charge in [0.15, 0.2) is 5.78 Å². The van der Waals surface area contributed by atoms with Gasteiger partial charge in [0, 0.05) is 18.5 Å². The maximum absolute atomic E-state index is 12.2. The molecule has 1 amide bonds. The van der Waals surface area contributed by atoms with Crippen LogP contribution in [0, 0.1) is 19.8 Å². The molecule has 3 heteroatoms. The first kappa shape index (κ1) is 13.8. The lowest BCUT2D eigenvalue weighted by atomic mass is 10.0. The number of ketones is 1. The highest BCUT2D eigenvalue weighted by Crippen LogP contribution is 2.21. The Morgan fingerprint density at radius 1 is 1.32 bits per heavy atom. The summed E-state index contributed by atoms with van der Waals surface area (Å²) in [6, 6.07) is 5.72. The number of carbonyl (C=O) groups excluding carboxylic acids is 2.